The van der Waals surface area contributed by atoms with E-state index in [1.54, 1.807) is 12.1 Å². The van der Waals surface area contributed by atoms with Crippen molar-refractivity contribution in [2.24, 2.45) is 0 Å². The topological polar surface area (TPSA) is 61.9 Å². The zero-order valence-electron chi connectivity index (χ0n) is 15.5. The van der Waals surface area contributed by atoms with E-state index in [0.29, 0.717) is 12.2 Å². The summed E-state index contributed by atoms with van der Waals surface area (Å²) in [7, 11) is 0. The molecule has 2 heterocycles. The molecule has 146 valence electrons. The standard InChI is InChI=1S/C21H22ClN3O3/c22-18-2-1-3-19(24-10-12-28-13-11-24)17(18)14-23-15-4-6-16(7-5-15)25-20(26)8-9-21(25)27/h1-7,23H,8-14H2. The second kappa shape index (κ2) is 8.20. The molecule has 0 atom stereocenters. The van der Waals surface area contributed by atoms with Crippen LogP contribution in [0.25, 0.3) is 0 Å². The number of morpholine rings is 1. The number of nitrogens with one attached hydrogen (secondary N) is 1. The average Bonchev–Trinajstić information content (AvgIpc) is 3.06. The summed E-state index contributed by atoms with van der Waals surface area (Å²) in [4.78, 5) is 27.3. The molecule has 2 fully saturated rings. The number of ether oxygens (including phenoxy) is 1. The van der Waals surface area contributed by atoms with E-state index in [-0.39, 0.29) is 24.7 Å². The molecule has 2 saturated heterocycles. The van der Waals surface area contributed by atoms with Gasteiger partial charge in [0.1, 0.15) is 0 Å². The highest BCUT2D eigenvalue weighted by Gasteiger charge is 2.30. The van der Waals surface area contributed by atoms with E-state index >= 15 is 0 Å². The number of hydrogen-bond acceptors (Lipinski definition) is 5. The zero-order chi connectivity index (χ0) is 19.5. The maximum Gasteiger partial charge on any atom is 0.234 e. The minimum Gasteiger partial charge on any atom is -0.381 e. The normalized spacial score (nSPS) is 17.3. The Balaban J connectivity index is 1.47. The number of imide groups is 1. The Bertz CT molecular complexity index is 863. The summed E-state index contributed by atoms with van der Waals surface area (Å²) in [6, 6.07) is 13.3. The van der Waals surface area contributed by atoms with E-state index in [0.717, 1.165) is 48.3 Å². The predicted octanol–water partition coefficient (Wildman–Crippen LogP) is 3.44. The van der Waals surface area contributed by atoms with E-state index < -0.39 is 0 Å². The van der Waals surface area contributed by atoms with Crippen LogP contribution in [0.2, 0.25) is 5.02 Å². The van der Waals surface area contributed by atoms with Crippen molar-refractivity contribution in [1.29, 1.82) is 0 Å². The first-order chi connectivity index (χ1) is 13.6. The number of halogens is 1. The van der Waals surface area contributed by atoms with Crippen LogP contribution in [0.4, 0.5) is 17.1 Å². The van der Waals surface area contributed by atoms with Gasteiger partial charge in [-0.25, -0.2) is 0 Å². The van der Waals surface area contributed by atoms with Gasteiger partial charge in [0, 0.05) is 54.4 Å². The predicted molar refractivity (Wildman–Crippen MR) is 110 cm³/mol. The number of anilines is 3. The van der Waals surface area contributed by atoms with Crippen LogP contribution >= 0.6 is 11.6 Å². The summed E-state index contributed by atoms with van der Waals surface area (Å²) in [5.74, 6) is -0.283. The van der Waals surface area contributed by atoms with Gasteiger partial charge in [-0.05, 0) is 36.4 Å². The molecule has 28 heavy (non-hydrogen) atoms. The average molecular weight is 400 g/mol. The maximum atomic E-state index is 11.9. The van der Waals surface area contributed by atoms with Crippen LogP contribution in [0, 0.1) is 0 Å². The van der Waals surface area contributed by atoms with Gasteiger partial charge in [-0.2, -0.15) is 0 Å². The molecule has 0 unspecified atom stereocenters. The van der Waals surface area contributed by atoms with Crippen molar-refractivity contribution in [2.75, 3.05) is 41.4 Å². The van der Waals surface area contributed by atoms with Gasteiger partial charge in [0.25, 0.3) is 0 Å². The van der Waals surface area contributed by atoms with Crippen molar-refractivity contribution >= 4 is 40.5 Å². The zero-order valence-corrected chi connectivity index (χ0v) is 16.2. The third-order valence-electron chi connectivity index (χ3n) is 5.09. The summed E-state index contributed by atoms with van der Waals surface area (Å²) >= 11 is 6.48. The maximum absolute atomic E-state index is 11.9. The van der Waals surface area contributed by atoms with Crippen molar-refractivity contribution in [1.82, 2.24) is 0 Å². The van der Waals surface area contributed by atoms with Crippen LogP contribution in [0.3, 0.4) is 0 Å². The molecule has 2 aromatic rings. The van der Waals surface area contributed by atoms with E-state index in [9.17, 15) is 9.59 Å². The van der Waals surface area contributed by atoms with E-state index in [1.165, 1.54) is 4.90 Å². The molecule has 0 aliphatic carbocycles. The van der Waals surface area contributed by atoms with Crippen molar-refractivity contribution in [3.05, 3.63) is 53.1 Å². The first-order valence-corrected chi connectivity index (χ1v) is 9.81. The summed E-state index contributed by atoms with van der Waals surface area (Å²) in [6.07, 6.45) is 0.575. The molecular formula is C21H22ClN3O3. The Kier molecular flexibility index (Phi) is 5.50. The first-order valence-electron chi connectivity index (χ1n) is 9.43. The minimum absolute atomic E-state index is 0.142. The van der Waals surface area contributed by atoms with Gasteiger partial charge >= 0.3 is 0 Å². The van der Waals surface area contributed by atoms with E-state index in [4.69, 9.17) is 16.3 Å². The molecule has 2 aliphatic heterocycles. The summed E-state index contributed by atoms with van der Waals surface area (Å²) in [6.45, 7) is 3.71. The van der Waals surface area contributed by atoms with Crippen LogP contribution in [-0.4, -0.2) is 38.1 Å². The molecule has 6 nitrogen and oxygen atoms in total. The number of hydrogen-bond donors (Lipinski definition) is 1. The lowest BCUT2D eigenvalue weighted by Crippen LogP contribution is -2.37. The van der Waals surface area contributed by atoms with E-state index in [2.05, 4.69) is 16.3 Å². The number of rotatable bonds is 5. The molecule has 2 aliphatic rings. The number of carbonyl (C=O) groups is 2. The van der Waals surface area contributed by atoms with Crippen LogP contribution in [0.15, 0.2) is 42.5 Å². The van der Waals surface area contributed by atoms with Gasteiger partial charge in [-0.15, -0.1) is 0 Å². The lowest BCUT2D eigenvalue weighted by Gasteiger charge is -2.31. The molecule has 7 heteroatoms. The summed E-state index contributed by atoms with van der Waals surface area (Å²) < 4.78 is 5.45. The highest BCUT2D eigenvalue weighted by atomic mass is 35.5. The van der Waals surface area contributed by atoms with Gasteiger partial charge in [0.15, 0.2) is 0 Å². The molecule has 0 radical (unpaired) electrons. The monoisotopic (exact) mass is 399 g/mol. The second-order valence-corrected chi connectivity index (χ2v) is 7.27. The van der Waals surface area contributed by atoms with Gasteiger partial charge in [0.2, 0.25) is 11.8 Å². The highest BCUT2D eigenvalue weighted by Crippen LogP contribution is 2.30. The van der Waals surface area contributed by atoms with Crippen molar-refractivity contribution in [3.8, 4) is 0 Å². The van der Waals surface area contributed by atoms with Gasteiger partial charge in [-0.3, -0.25) is 14.5 Å². The fourth-order valence-electron chi connectivity index (χ4n) is 3.61. The van der Waals surface area contributed by atoms with Crippen LogP contribution in [0.1, 0.15) is 18.4 Å². The van der Waals surface area contributed by atoms with Crippen LogP contribution < -0.4 is 15.1 Å². The van der Waals surface area contributed by atoms with E-state index in [1.807, 2.05) is 24.3 Å². The quantitative estimate of drug-likeness (QED) is 0.780. The molecule has 0 aromatic heterocycles. The van der Waals surface area contributed by atoms with Crippen molar-refractivity contribution in [2.45, 2.75) is 19.4 Å². The fourth-order valence-corrected chi connectivity index (χ4v) is 3.84. The minimum atomic E-state index is -0.142. The Morgan fingerprint density at radius 3 is 2.32 bits per heavy atom. The van der Waals surface area contributed by atoms with Crippen LogP contribution in [0.5, 0.6) is 0 Å². The third-order valence-corrected chi connectivity index (χ3v) is 5.45. The number of nitrogens with zero attached hydrogens (tertiary/aromatic N) is 2. The molecule has 1 N–H and O–H groups in total. The van der Waals surface area contributed by atoms with Gasteiger partial charge < -0.3 is 15.0 Å². The highest BCUT2D eigenvalue weighted by molar-refractivity contribution is 6.31. The second-order valence-electron chi connectivity index (χ2n) is 6.86. The fraction of sp³-hybridized carbons (Fsp3) is 0.333. The Morgan fingerprint density at radius 2 is 1.64 bits per heavy atom. The van der Waals surface area contributed by atoms with Crippen LogP contribution in [-0.2, 0) is 20.9 Å². The Morgan fingerprint density at radius 1 is 0.964 bits per heavy atom. The van der Waals surface area contributed by atoms with Crippen molar-refractivity contribution < 1.29 is 14.3 Å². The lowest BCUT2D eigenvalue weighted by molar-refractivity contribution is -0.121. The summed E-state index contributed by atoms with van der Waals surface area (Å²) in [5.41, 5.74) is 3.67. The third kappa shape index (κ3) is 3.84. The molecule has 4 rings (SSSR count). The lowest BCUT2D eigenvalue weighted by atomic mass is 10.1. The van der Waals surface area contributed by atoms with Crippen molar-refractivity contribution in [3.63, 3.8) is 0 Å². The SMILES string of the molecule is O=C1CCC(=O)N1c1ccc(NCc2c(Cl)cccc2N2CCOCC2)cc1. The molecule has 0 spiro atoms. The summed E-state index contributed by atoms with van der Waals surface area (Å²) in [5, 5.41) is 4.11. The Hall–Kier alpha value is -2.57. The largest absolute Gasteiger partial charge is 0.381 e. The number of amides is 2. The molecular weight excluding hydrogens is 378 g/mol. The van der Waals surface area contributed by atoms with Gasteiger partial charge in [-0.1, -0.05) is 17.7 Å². The smallest absolute Gasteiger partial charge is 0.234 e. The molecule has 0 saturated carbocycles. The Labute approximate surface area is 169 Å². The molecule has 2 amide bonds. The first kappa shape index (κ1) is 18.8. The molecule has 2 aromatic carbocycles. The number of benzene rings is 2. The number of carbonyl (C=O) groups excluding carboxylic acids is 2. The molecule has 0 bridgehead atoms. The van der Waals surface area contributed by atoms with Gasteiger partial charge in [0.05, 0.1) is 18.9 Å².